The molecule has 1 aliphatic rings. The summed E-state index contributed by atoms with van der Waals surface area (Å²) in [7, 11) is 3.49. The minimum atomic E-state index is -0.488. The van der Waals surface area contributed by atoms with Crippen molar-refractivity contribution in [3.05, 3.63) is 27.3 Å². The number of rotatable bonds is 3. The summed E-state index contributed by atoms with van der Waals surface area (Å²) in [6.45, 7) is 3.57. The Kier molecular flexibility index (Phi) is 4.11. The van der Waals surface area contributed by atoms with Gasteiger partial charge in [0.2, 0.25) is 0 Å². The van der Waals surface area contributed by atoms with Crippen LogP contribution in [0.3, 0.4) is 0 Å². The number of hydrogen-bond acceptors (Lipinski definition) is 5. The predicted octanol–water partition coefficient (Wildman–Crippen LogP) is 2.01. The lowest BCUT2D eigenvalue weighted by Gasteiger charge is -2.34. The van der Waals surface area contributed by atoms with E-state index in [1.807, 2.05) is 0 Å². The van der Waals surface area contributed by atoms with Crippen LogP contribution in [-0.4, -0.2) is 50.2 Å². The second-order valence-corrected chi connectivity index (χ2v) is 4.93. The van der Waals surface area contributed by atoms with E-state index in [-0.39, 0.29) is 11.4 Å². The van der Waals surface area contributed by atoms with Crippen LogP contribution in [0.1, 0.15) is 0 Å². The average molecular weight is 286 g/mol. The Morgan fingerprint density at radius 1 is 1.32 bits per heavy atom. The van der Waals surface area contributed by atoms with Crippen LogP contribution in [-0.2, 0) is 0 Å². The largest absolute Gasteiger partial charge is 0.490 e. The first-order valence-electron chi connectivity index (χ1n) is 5.98. The highest BCUT2D eigenvalue weighted by molar-refractivity contribution is 6.33. The van der Waals surface area contributed by atoms with Crippen molar-refractivity contribution in [2.24, 2.45) is 0 Å². The maximum absolute atomic E-state index is 10.9. The van der Waals surface area contributed by atoms with Gasteiger partial charge in [-0.1, -0.05) is 11.6 Å². The number of methoxy groups -OCH3 is 1. The number of anilines is 1. The monoisotopic (exact) mass is 285 g/mol. The van der Waals surface area contributed by atoms with Gasteiger partial charge in [0.1, 0.15) is 0 Å². The van der Waals surface area contributed by atoms with Gasteiger partial charge in [0.25, 0.3) is 0 Å². The highest BCUT2D eigenvalue weighted by Gasteiger charge is 2.22. The van der Waals surface area contributed by atoms with E-state index in [0.29, 0.717) is 5.02 Å². The first-order chi connectivity index (χ1) is 9.02. The molecule has 0 bridgehead atoms. The van der Waals surface area contributed by atoms with Crippen molar-refractivity contribution in [2.75, 3.05) is 45.2 Å². The van der Waals surface area contributed by atoms with Crippen molar-refractivity contribution in [3.8, 4) is 5.75 Å². The fourth-order valence-corrected chi connectivity index (χ4v) is 2.41. The van der Waals surface area contributed by atoms with Gasteiger partial charge < -0.3 is 14.5 Å². The van der Waals surface area contributed by atoms with E-state index >= 15 is 0 Å². The van der Waals surface area contributed by atoms with Crippen LogP contribution in [0.15, 0.2) is 12.1 Å². The third-order valence-corrected chi connectivity index (χ3v) is 3.59. The molecule has 0 amide bonds. The van der Waals surface area contributed by atoms with Gasteiger partial charge in [-0.25, -0.2) is 0 Å². The number of halogens is 1. The quantitative estimate of drug-likeness (QED) is 0.628. The molecule has 1 aromatic carbocycles. The Labute approximate surface area is 116 Å². The summed E-state index contributed by atoms with van der Waals surface area (Å²) >= 11 is 6.16. The minimum absolute atomic E-state index is 0.106. The van der Waals surface area contributed by atoms with Crippen molar-refractivity contribution in [2.45, 2.75) is 0 Å². The maximum atomic E-state index is 10.9. The molecular formula is C12H16ClN3O3. The van der Waals surface area contributed by atoms with Crippen LogP contribution in [0.25, 0.3) is 0 Å². The molecule has 1 saturated heterocycles. The van der Waals surface area contributed by atoms with E-state index in [1.54, 1.807) is 6.07 Å². The molecule has 0 spiro atoms. The summed E-state index contributed by atoms with van der Waals surface area (Å²) in [5.41, 5.74) is 0.683. The standard InChI is InChI=1S/C12H16ClN3O3/c1-14-3-5-15(6-4-14)10-8-12(19-2)11(16(17)18)7-9(10)13/h7-8H,3-6H2,1-2H3. The van der Waals surface area contributed by atoms with Crippen molar-refractivity contribution in [1.29, 1.82) is 0 Å². The Morgan fingerprint density at radius 2 is 1.95 bits per heavy atom. The van der Waals surface area contributed by atoms with Gasteiger partial charge in [0.15, 0.2) is 5.75 Å². The predicted molar refractivity (Wildman–Crippen MR) is 74.4 cm³/mol. The molecule has 6 nitrogen and oxygen atoms in total. The van der Waals surface area contributed by atoms with E-state index < -0.39 is 4.92 Å². The summed E-state index contributed by atoms with van der Waals surface area (Å²) in [6.07, 6.45) is 0. The molecule has 7 heteroatoms. The molecule has 2 rings (SSSR count). The van der Waals surface area contributed by atoms with Gasteiger partial charge >= 0.3 is 5.69 Å². The van der Waals surface area contributed by atoms with Gasteiger partial charge in [0.05, 0.1) is 22.7 Å². The number of ether oxygens (including phenoxy) is 1. The van der Waals surface area contributed by atoms with E-state index in [4.69, 9.17) is 16.3 Å². The van der Waals surface area contributed by atoms with Crippen LogP contribution in [0.4, 0.5) is 11.4 Å². The van der Waals surface area contributed by atoms with Crippen LogP contribution in [0, 0.1) is 10.1 Å². The second-order valence-electron chi connectivity index (χ2n) is 4.52. The summed E-state index contributed by atoms with van der Waals surface area (Å²) < 4.78 is 5.08. The lowest BCUT2D eigenvalue weighted by Crippen LogP contribution is -2.44. The van der Waals surface area contributed by atoms with E-state index in [0.717, 1.165) is 31.9 Å². The van der Waals surface area contributed by atoms with Crippen molar-refractivity contribution in [3.63, 3.8) is 0 Å². The van der Waals surface area contributed by atoms with Crippen LogP contribution < -0.4 is 9.64 Å². The number of hydrogen-bond donors (Lipinski definition) is 0. The minimum Gasteiger partial charge on any atom is -0.490 e. The zero-order valence-electron chi connectivity index (χ0n) is 10.9. The number of nitro benzene ring substituents is 1. The van der Waals surface area contributed by atoms with Crippen molar-refractivity contribution in [1.82, 2.24) is 4.90 Å². The smallest absolute Gasteiger partial charge is 0.312 e. The third kappa shape index (κ3) is 2.90. The van der Waals surface area contributed by atoms with Crippen molar-refractivity contribution >= 4 is 23.0 Å². The molecule has 1 aromatic rings. The van der Waals surface area contributed by atoms with Crippen LogP contribution in [0.5, 0.6) is 5.75 Å². The lowest BCUT2D eigenvalue weighted by molar-refractivity contribution is -0.385. The number of piperazine rings is 1. The average Bonchev–Trinajstić information content (AvgIpc) is 2.39. The summed E-state index contributed by atoms with van der Waals surface area (Å²) in [6, 6.07) is 3.00. The molecule has 0 saturated carbocycles. The summed E-state index contributed by atoms with van der Waals surface area (Å²) in [5, 5.41) is 11.3. The van der Waals surface area contributed by atoms with Gasteiger partial charge in [0, 0.05) is 38.3 Å². The molecule has 0 aromatic heterocycles. The molecule has 1 heterocycles. The molecule has 1 fully saturated rings. The van der Waals surface area contributed by atoms with Crippen molar-refractivity contribution < 1.29 is 9.66 Å². The summed E-state index contributed by atoms with van der Waals surface area (Å²) in [5.74, 6) is 0.239. The van der Waals surface area contributed by atoms with E-state index in [1.165, 1.54) is 13.2 Å². The fourth-order valence-electron chi connectivity index (χ4n) is 2.13. The lowest BCUT2D eigenvalue weighted by atomic mass is 10.2. The third-order valence-electron chi connectivity index (χ3n) is 3.29. The molecule has 19 heavy (non-hydrogen) atoms. The van der Waals surface area contributed by atoms with Crippen LogP contribution in [0.2, 0.25) is 5.02 Å². The first kappa shape index (κ1) is 13.9. The highest BCUT2D eigenvalue weighted by atomic mass is 35.5. The fraction of sp³-hybridized carbons (Fsp3) is 0.500. The number of nitrogens with zero attached hydrogens (tertiary/aromatic N) is 3. The van der Waals surface area contributed by atoms with Crippen LogP contribution >= 0.6 is 11.6 Å². The molecule has 0 radical (unpaired) electrons. The number of likely N-dealkylation sites (N-methyl/N-ethyl adjacent to an activating group) is 1. The van der Waals surface area contributed by atoms with Gasteiger partial charge in [-0.05, 0) is 7.05 Å². The zero-order valence-corrected chi connectivity index (χ0v) is 11.7. The SMILES string of the molecule is COc1cc(N2CCN(C)CC2)c(Cl)cc1[N+](=O)[O-]. The Balaban J connectivity index is 2.33. The normalized spacial score (nSPS) is 16.5. The second kappa shape index (κ2) is 5.63. The molecule has 0 N–H and O–H groups in total. The van der Waals surface area contributed by atoms with Gasteiger partial charge in [-0.2, -0.15) is 0 Å². The zero-order chi connectivity index (χ0) is 14.0. The highest BCUT2D eigenvalue weighted by Crippen LogP contribution is 2.37. The van der Waals surface area contributed by atoms with E-state index in [9.17, 15) is 10.1 Å². The number of benzene rings is 1. The molecular weight excluding hydrogens is 270 g/mol. The number of nitro groups is 1. The molecule has 1 aliphatic heterocycles. The Bertz CT molecular complexity index is 487. The molecule has 0 atom stereocenters. The Morgan fingerprint density at radius 3 is 2.47 bits per heavy atom. The molecule has 104 valence electrons. The first-order valence-corrected chi connectivity index (χ1v) is 6.36. The Hall–Kier alpha value is -1.53. The molecule has 0 aliphatic carbocycles. The van der Waals surface area contributed by atoms with Gasteiger partial charge in [-0.3, -0.25) is 10.1 Å². The topological polar surface area (TPSA) is 58.8 Å². The summed E-state index contributed by atoms with van der Waals surface area (Å²) in [4.78, 5) is 14.8. The maximum Gasteiger partial charge on any atom is 0.312 e. The van der Waals surface area contributed by atoms with E-state index in [2.05, 4.69) is 16.8 Å². The van der Waals surface area contributed by atoms with Gasteiger partial charge in [-0.15, -0.1) is 0 Å². The molecule has 0 unspecified atom stereocenters.